The van der Waals surface area contributed by atoms with Gasteiger partial charge in [0.2, 0.25) is 0 Å². The van der Waals surface area contributed by atoms with Gasteiger partial charge in [-0.05, 0) is 50.7 Å². The van der Waals surface area contributed by atoms with E-state index in [2.05, 4.69) is 4.90 Å². The van der Waals surface area contributed by atoms with Crippen LogP contribution in [0.1, 0.15) is 52.4 Å². The lowest BCUT2D eigenvalue weighted by Crippen LogP contribution is -2.17. The third kappa shape index (κ3) is 6.54. The maximum Gasteiger partial charge on any atom is 0.416 e. The van der Waals surface area contributed by atoms with Crippen LogP contribution in [0.25, 0.3) is 0 Å². The molecule has 1 heterocycles. The van der Waals surface area contributed by atoms with Crippen molar-refractivity contribution in [3.8, 4) is 0 Å². The Morgan fingerprint density at radius 3 is 2.50 bits per heavy atom. The molecule has 1 fully saturated rings. The van der Waals surface area contributed by atoms with Crippen LogP contribution in [-0.2, 0) is 0 Å². The summed E-state index contributed by atoms with van der Waals surface area (Å²) in [6.45, 7) is 4.05. The van der Waals surface area contributed by atoms with Crippen LogP contribution in [0.4, 0.5) is 17.6 Å². The van der Waals surface area contributed by atoms with Crippen LogP contribution in [-0.4, -0.2) is 24.7 Å². The highest BCUT2D eigenvalue weighted by atomic mass is 19.4. The molecule has 0 radical (unpaired) electrons. The minimum absolute atomic E-state index is 0.0691. The van der Waals surface area contributed by atoms with Crippen molar-refractivity contribution in [1.29, 1.82) is 0 Å². The predicted molar refractivity (Wildman–Crippen MR) is 91.2 cm³/mol. The minimum atomic E-state index is -4.47. The van der Waals surface area contributed by atoms with Crippen molar-refractivity contribution in [3.05, 3.63) is 47.0 Å². The van der Waals surface area contributed by atoms with E-state index in [1.807, 2.05) is 13.1 Å². The smallest absolute Gasteiger partial charge is 0.378 e. The van der Waals surface area contributed by atoms with Gasteiger partial charge in [0.15, 0.2) is 0 Å². The summed E-state index contributed by atoms with van der Waals surface area (Å²) < 4.78 is 53.3. The Kier molecular flexibility index (Phi) is 8.29. The van der Waals surface area contributed by atoms with E-state index in [4.69, 9.17) is 0 Å². The molecule has 1 aliphatic rings. The summed E-state index contributed by atoms with van der Waals surface area (Å²) in [5.74, 6) is -0.602. The fourth-order valence-corrected chi connectivity index (χ4v) is 2.73. The third-order valence-corrected chi connectivity index (χ3v) is 4.12. The Labute approximate surface area is 142 Å². The molecule has 0 atom stereocenters. The van der Waals surface area contributed by atoms with E-state index < -0.39 is 17.6 Å². The topological polar surface area (TPSA) is 3.24 Å². The third-order valence-electron chi connectivity index (χ3n) is 4.12. The Hall–Kier alpha value is -1.52. The van der Waals surface area contributed by atoms with Gasteiger partial charge in [0.05, 0.1) is 5.57 Å². The number of nitrogens with zero attached hydrogens (tertiary/aromatic N) is 1. The molecule has 0 saturated carbocycles. The molecule has 0 aromatic carbocycles. The first kappa shape index (κ1) is 20.5. The summed E-state index contributed by atoms with van der Waals surface area (Å²) in [4.78, 5) is 2.12. The van der Waals surface area contributed by atoms with Crippen LogP contribution in [0.3, 0.4) is 0 Å². The highest BCUT2D eigenvalue weighted by molar-refractivity contribution is 5.37. The second-order valence-electron chi connectivity index (χ2n) is 6.00. The monoisotopic (exact) mass is 345 g/mol. The Bertz CT molecular complexity index is 524. The van der Waals surface area contributed by atoms with Gasteiger partial charge < -0.3 is 4.90 Å². The first-order valence-corrected chi connectivity index (χ1v) is 8.49. The fraction of sp³-hybridized carbons (Fsp3) is 0.579. The summed E-state index contributed by atoms with van der Waals surface area (Å²) in [5, 5.41) is 0. The van der Waals surface area contributed by atoms with E-state index in [-0.39, 0.29) is 18.4 Å². The fourth-order valence-electron chi connectivity index (χ4n) is 2.73. The standard InChI is InChI=1S/C19H27F4N/c1-4-9-16(19(21,22)23)14-15(18(20)5-2)11-12-17-10-7-6-8-13-24(17)3/h5,9,12,14H,4,6-8,10-11,13H2,1-3H3/b15-14-,16-9-,17-12-,18-5+. The van der Waals surface area contributed by atoms with Crippen LogP contribution in [0.2, 0.25) is 0 Å². The lowest BCUT2D eigenvalue weighted by Gasteiger charge is -2.20. The molecule has 0 aromatic heterocycles. The zero-order valence-electron chi connectivity index (χ0n) is 14.7. The summed E-state index contributed by atoms with van der Waals surface area (Å²) >= 11 is 0. The van der Waals surface area contributed by atoms with Crippen molar-refractivity contribution in [2.24, 2.45) is 0 Å². The van der Waals surface area contributed by atoms with Crippen molar-refractivity contribution in [2.45, 2.75) is 58.5 Å². The minimum Gasteiger partial charge on any atom is -0.378 e. The van der Waals surface area contributed by atoms with E-state index in [1.54, 1.807) is 6.92 Å². The molecule has 1 saturated heterocycles. The molecule has 0 amide bonds. The van der Waals surface area contributed by atoms with Crippen LogP contribution < -0.4 is 0 Å². The SMILES string of the molecule is C\C=C(F)/C(=C\C(=C\CC)C(F)(F)F)C/C=C1/CCCCCN1C. The molecule has 0 bridgehead atoms. The highest BCUT2D eigenvalue weighted by Crippen LogP contribution is 2.31. The van der Waals surface area contributed by atoms with Crippen molar-refractivity contribution >= 4 is 0 Å². The molecule has 1 nitrogen and oxygen atoms in total. The van der Waals surface area contributed by atoms with Gasteiger partial charge in [-0.15, -0.1) is 0 Å². The summed E-state index contributed by atoms with van der Waals surface area (Å²) in [6, 6.07) is 0. The molecule has 0 aromatic rings. The van der Waals surface area contributed by atoms with Gasteiger partial charge >= 0.3 is 6.18 Å². The van der Waals surface area contributed by atoms with E-state index in [0.29, 0.717) is 0 Å². The molecule has 0 spiro atoms. The number of allylic oxidation sites excluding steroid dienone is 8. The molecule has 0 N–H and O–H groups in total. The number of likely N-dealkylation sites (tertiary alicyclic amines) is 1. The van der Waals surface area contributed by atoms with Crippen molar-refractivity contribution in [1.82, 2.24) is 4.90 Å². The molecular formula is C19H27F4N. The number of hydrogen-bond acceptors (Lipinski definition) is 1. The van der Waals surface area contributed by atoms with E-state index in [0.717, 1.165) is 50.1 Å². The maximum atomic E-state index is 14.1. The van der Waals surface area contributed by atoms with Crippen molar-refractivity contribution in [3.63, 3.8) is 0 Å². The van der Waals surface area contributed by atoms with Gasteiger partial charge in [-0.1, -0.05) is 31.6 Å². The van der Waals surface area contributed by atoms with Crippen LogP contribution in [0.15, 0.2) is 47.0 Å². The zero-order chi connectivity index (χ0) is 18.2. The largest absolute Gasteiger partial charge is 0.416 e. The number of rotatable bonds is 5. The van der Waals surface area contributed by atoms with Gasteiger partial charge in [-0.2, -0.15) is 13.2 Å². The molecular weight excluding hydrogens is 318 g/mol. The Morgan fingerprint density at radius 2 is 1.92 bits per heavy atom. The number of hydrogen-bond donors (Lipinski definition) is 0. The first-order chi connectivity index (χ1) is 11.3. The molecule has 24 heavy (non-hydrogen) atoms. The molecule has 136 valence electrons. The van der Waals surface area contributed by atoms with Crippen LogP contribution in [0, 0.1) is 0 Å². The molecule has 1 rings (SSSR count). The molecule has 0 aliphatic carbocycles. The Balaban J connectivity index is 3.09. The van der Waals surface area contributed by atoms with Gasteiger partial charge in [0, 0.05) is 19.3 Å². The van der Waals surface area contributed by atoms with E-state index in [9.17, 15) is 17.6 Å². The number of alkyl halides is 3. The van der Waals surface area contributed by atoms with Gasteiger partial charge in [0.1, 0.15) is 5.83 Å². The average molecular weight is 345 g/mol. The highest BCUT2D eigenvalue weighted by Gasteiger charge is 2.32. The van der Waals surface area contributed by atoms with Crippen LogP contribution >= 0.6 is 0 Å². The lowest BCUT2D eigenvalue weighted by atomic mass is 10.0. The van der Waals surface area contributed by atoms with Gasteiger partial charge in [-0.25, -0.2) is 4.39 Å². The molecule has 1 aliphatic heterocycles. The first-order valence-electron chi connectivity index (χ1n) is 8.49. The lowest BCUT2D eigenvalue weighted by molar-refractivity contribution is -0.0884. The van der Waals surface area contributed by atoms with Gasteiger partial charge in [-0.3, -0.25) is 0 Å². The maximum absolute atomic E-state index is 14.1. The number of halogens is 4. The average Bonchev–Trinajstić information content (AvgIpc) is 2.73. The normalized spacial score (nSPS) is 20.5. The zero-order valence-corrected chi connectivity index (χ0v) is 14.7. The van der Waals surface area contributed by atoms with Crippen molar-refractivity contribution in [2.75, 3.05) is 13.6 Å². The van der Waals surface area contributed by atoms with Crippen molar-refractivity contribution < 1.29 is 17.6 Å². The molecule has 5 heteroatoms. The van der Waals surface area contributed by atoms with Crippen LogP contribution in [0.5, 0.6) is 0 Å². The predicted octanol–water partition coefficient (Wildman–Crippen LogP) is 6.46. The summed E-state index contributed by atoms with van der Waals surface area (Å²) in [6.07, 6.45) is 5.24. The van der Waals surface area contributed by atoms with E-state index in [1.165, 1.54) is 13.0 Å². The Morgan fingerprint density at radius 1 is 1.21 bits per heavy atom. The quantitative estimate of drug-likeness (QED) is 0.408. The second kappa shape index (κ2) is 9.70. The summed E-state index contributed by atoms with van der Waals surface area (Å²) in [5.41, 5.74) is 0.361. The summed E-state index contributed by atoms with van der Waals surface area (Å²) in [7, 11) is 1.98. The second-order valence-corrected chi connectivity index (χ2v) is 6.00. The molecule has 0 unspecified atom stereocenters. The van der Waals surface area contributed by atoms with E-state index >= 15 is 0 Å². The van der Waals surface area contributed by atoms with Gasteiger partial charge in [0.25, 0.3) is 0 Å².